The third kappa shape index (κ3) is 3.23. The molecule has 0 spiro atoms. The minimum absolute atomic E-state index is 0.0802. The van der Waals surface area contributed by atoms with Crippen molar-refractivity contribution in [3.05, 3.63) is 47.7 Å². The van der Waals surface area contributed by atoms with Crippen molar-refractivity contribution in [2.75, 3.05) is 32.1 Å². The summed E-state index contributed by atoms with van der Waals surface area (Å²) < 4.78 is 5.09. The van der Waals surface area contributed by atoms with Crippen LogP contribution in [0.2, 0.25) is 0 Å². The first-order chi connectivity index (χ1) is 12.0. The Morgan fingerprint density at radius 1 is 1.48 bits per heavy atom. The van der Waals surface area contributed by atoms with E-state index in [0.29, 0.717) is 30.4 Å². The lowest BCUT2D eigenvalue weighted by molar-refractivity contribution is -0.130. The molecule has 1 fully saturated rings. The average molecular weight is 341 g/mol. The summed E-state index contributed by atoms with van der Waals surface area (Å²) in [5.41, 5.74) is 1.64. The smallest absolute Gasteiger partial charge is 0.271 e. The van der Waals surface area contributed by atoms with E-state index in [0.717, 1.165) is 5.56 Å². The summed E-state index contributed by atoms with van der Waals surface area (Å²) in [6, 6.07) is 1.84. The third-order valence-corrected chi connectivity index (χ3v) is 4.28. The fraction of sp³-hybridized carbons (Fsp3) is 0.294. The number of pyridine rings is 1. The number of nitrogens with zero attached hydrogens (tertiary/aromatic N) is 4. The van der Waals surface area contributed by atoms with Crippen molar-refractivity contribution in [1.29, 1.82) is 0 Å². The van der Waals surface area contributed by atoms with Crippen LogP contribution in [0.3, 0.4) is 0 Å². The van der Waals surface area contributed by atoms with E-state index in [9.17, 15) is 9.59 Å². The van der Waals surface area contributed by atoms with E-state index in [-0.39, 0.29) is 17.5 Å². The predicted octanol–water partition coefficient (Wildman–Crippen LogP) is 0.673. The molecule has 1 aliphatic heterocycles. The number of carbonyl (C=O) groups is 1. The molecule has 2 aromatic rings. The van der Waals surface area contributed by atoms with Crippen LogP contribution in [-0.4, -0.2) is 59.0 Å². The molecule has 3 heterocycles. The van der Waals surface area contributed by atoms with Gasteiger partial charge in [-0.1, -0.05) is 6.58 Å². The SMILES string of the molecule is C=CC(=O)N1CC(N(C)c2cc(-c3cncc(OC)n3)c[nH]c2=O)C1. The standard InChI is InChI=1S/C17H19N5O3/c1-4-16(23)22-9-12(10-22)21(2)14-5-11(6-19-17(14)24)13-7-18-8-15(20-13)25-3/h4-8,12H,1,9-10H2,2-3H3,(H,19,24). The van der Waals surface area contributed by atoms with Crippen molar-refractivity contribution in [2.24, 2.45) is 0 Å². The first kappa shape index (κ1) is 16.7. The Morgan fingerprint density at radius 3 is 2.92 bits per heavy atom. The number of hydrogen-bond donors (Lipinski definition) is 1. The van der Waals surface area contributed by atoms with Crippen molar-refractivity contribution < 1.29 is 9.53 Å². The van der Waals surface area contributed by atoms with Crippen molar-refractivity contribution >= 4 is 11.6 Å². The van der Waals surface area contributed by atoms with Gasteiger partial charge < -0.3 is 19.5 Å². The number of likely N-dealkylation sites (N-methyl/N-ethyl adjacent to an activating group) is 1. The second kappa shape index (κ2) is 6.76. The summed E-state index contributed by atoms with van der Waals surface area (Å²) in [6.45, 7) is 4.60. The van der Waals surface area contributed by atoms with Gasteiger partial charge in [-0.15, -0.1) is 0 Å². The van der Waals surface area contributed by atoms with Gasteiger partial charge in [0, 0.05) is 31.9 Å². The van der Waals surface area contributed by atoms with Gasteiger partial charge in [-0.3, -0.25) is 14.6 Å². The van der Waals surface area contributed by atoms with Crippen LogP contribution in [-0.2, 0) is 4.79 Å². The second-order valence-electron chi connectivity index (χ2n) is 5.76. The zero-order valence-corrected chi connectivity index (χ0v) is 14.1. The molecule has 2 aromatic heterocycles. The summed E-state index contributed by atoms with van der Waals surface area (Å²) in [6.07, 6.45) is 6.01. The molecule has 0 unspecified atom stereocenters. The number of carbonyl (C=O) groups excluding carboxylic acids is 1. The van der Waals surface area contributed by atoms with E-state index in [2.05, 4.69) is 21.5 Å². The van der Waals surface area contributed by atoms with Crippen LogP contribution in [0.25, 0.3) is 11.3 Å². The summed E-state index contributed by atoms with van der Waals surface area (Å²) in [7, 11) is 3.36. The molecular formula is C17H19N5O3. The maximum absolute atomic E-state index is 12.2. The number of hydrogen-bond acceptors (Lipinski definition) is 6. The van der Waals surface area contributed by atoms with E-state index in [4.69, 9.17) is 4.74 Å². The molecule has 8 nitrogen and oxygen atoms in total. The van der Waals surface area contributed by atoms with Crippen LogP contribution in [0.4, 0.5) is 5.69 Å². The van der Waals surface area contributed by atoms with Gasteiger partial charge in [0.25, 0.3) is 5.56 Å². The first-order valence-electron chi connectivity index (χ1n) is 7.76. The van der Waals surface area contributed by atoms with E-state index in [1.807, 2.05) is 11.9 Å². The molecule has 0 radical (unpaired) electrons. The Kier molecular flexibility index (Phi) is 4.51. The maximum Gasteiger partial charge on any atom is 0.271 e. The van der Waals surface area contributed by atoms with E-state index >= 15 is 0 Å². The Morgan fingerprint density at radius 2 is 2.24 bits per heavy atom. The largest absolute Gasteiger partial charge is 0.480 e. The Bertz CT molecular complexity index is 857. The van der Waals surface area contributed by atoms with Crippen molar-refractivity contribution in [3.63, 3.8) is 0 Å². The topological polar surface area (TPSA) is 91.4 Å². The van der Waals surface area contributed by atoms with Crippen LogP contribution in [0, 0.1) is 0 Å². The van der Waals surface area contributed by atoms with Gasteiger partial charge in [-0.2, -0.15) is 0 Å². The number of anilines is 1. The molecule has 0 atom stereocenters. The van der Waals surface area contributed by atoms with Crippen LogP contribution in [0.15, 0.2) is 42.1 Å². The van der Waals surface area contributed by atoms with Crippen molar-refractivity contribution in [1.82, 2.24) is 19.9 Å². The molecule has 1 saturated heterocycles. The molecule has 1 N–H and O–H groups in total. The van der Waals surface area contributed by atoms with Crippen molar-refractivity contribution in [2.45, 2.75) is 6.04 Å². The molecule has 0 bridgehead atoms. The van der Waals surface area contributed by atoms with Gasteiger partial charge in [0.1, 0.15) is 5.69 Å². The monoisotopic (exact) mass is 341 g/mol. The van der Waals surface area contributed by atoms with Gasteiger partial charge in [0.05, 0.1) is 31.2 Å². The van der Waals surface area contributed by atoms with Crippen LogP contribution in [0.1, 0.15) is 0 Å². The zero-order valence-electron chi connectivity index (χ0n) is 14.1. The summed E-state index contributed by atoms with van der Waals surface area (Å²) in [5, 5.41) is 0. The molecular weight excluding hydrogens is 322 g/mol. The van der Waals surface area contributed by atoms with E-state index < -0.39 is 0 Å². The van der Waals surface area contributed by atoms with Gasteiger partial charge in [0.2, 0.25) is 11.8 Å². The van der Waals surface area contributed by atoms with Gasteiger partial charge in [-0.25, -0.2) is 4.98 Å². The number of aromatic nitrogens is 3. The van der Waals surface area contributed by atoms with Crippen molar-refractivity contribution in [3.8, 4) is 17.1 Å². The lowest BCUT2D eigenvalue weighted by Gasteiger charge is -2.44. The minimum Gasteiger partial charge on any atom is -0.480 e. The van der Waals surface area contributed by atoms with Gasteiger partial charge in [-0.05, 0) is 12.1 Å². The number of rotatable bonds is 5. The number of ether oxygens (including phenoxy) is 1. The minimum atomic E-state index is -0.199. The number of nitrogens with one attached hydrogen (secondary N) is 1. The summed E-state index contributed by atoms with van der Waals surface area (Å²) >= 11 is 0. The van der Waals surface area contributed by atoms with Crippen LogP contribution >= 0.6 is 0 Å². The molecule has 0 aliphatic carbocycles. The quantitative estimate of drug-likeness (QED) is 0.804. The number of amides is 1. The highest BCUT2D eigenvalue weighted by molar-refractivity contribution is 5.87. The number of aromatic amines is 1. The van der Waals surface area contributed by atoms with Crippen LogP contribution in [0.5, 0.6) is 5.88 Å². The molecule has 130 valence electrons. The molecule has 0 aromatic carbocycles. The Hall–Kier alpha value is -3.16. The van der Waals surface area contributed by atoms with Crippen LogP contribution < -0.4 is 15.2 Å². The van der Waals surface area contributed by atoms with Gasteiger partial charge >= 0.3 is 0 Å². The maximum atomic E-state index is 12.2. The Balaban J connectivity index is 1.84. The highest BCUT2D eigenvalue weighted by Crippen LogP contribution is 2.23. The molecule has 0 saturated carbocycles. The zero-order chi connectivity index (χ0) is 18.0. The fourth-order valence-electron chi connectivity index (χ4n) is 2.67. The second-order valence-corrected chi connectivity index (χ2v) is 5.76. The molecule has 1 aliphatic rings. The normalized spacial score (nSPS) is 13.9. The highest BCUT2D eigenvalue weighted by Gasteiger charge is 2.33. The summed E-state index contributed by atoms with van der Waals surface area (Å²) in [5.74, 6) is 0.301. The number of methoxy groups -OCH3 is 1. The number of H-pyrrole nitrogens is 1. The highest BCUT2D eigenvalue weighted by atomic mass is 16.5. The molecule has 3 rings (SSSR count). The average Bonchev–Trinajstić information content (AvgIpc) is 2.60. The molecule has 1 amide bonds. The number of likely N-dealkylation sites (tertiary alicyclic amines) is 1. The van der Waals surface area contributed by atoms with Gasteiger partial charge in [0.15, 0.2) is 0 Å². The molecule has 25 heavy (non-hydrogen) atoms. The van der Waals surface area contributed by atoms with E-state index in [1.54, 1.807) is 23.4 Å². The fourth-order valence-corrected chi connectivity index (χ4v) is 2.67. The summed E-state index contributed by atoms with van der Waals surface area (Å²) in [4.78, 5) is 38.5. The predicted molar refractivity (Wildman–Crippen MR) is 93.6 cm³/mol. The Labute approximate surface area is 144 Å². The molecule has 8 heteroatoms. The third-order valence-electron chi connectivity index (χ3n) is 4.28. The van der Waals surface area contributed by atoms with E-state index in [1.165, 1.54) is 19.4 Å². The lowest BCUT2D eigenvalue weighted by Crippen LogP contribution is -2.60. The lowest BCUT2D eigenvalue weighted by atomic mass is 10.1. The first-order valence-corrected chi connectivity index (χ1v) is 7.76.